The highest BCUT2D eigenvalue weighted by Crippen LogP contribution is 2.40. The first-order valence-electron chi connectivity index (χ1n) is 6.51. The minimum atomic E-state index is -1.77. The van der Waals surface area contributed by atoms with Crippen molar-refractivity contribution in [1.29, 1.82) is 0 Å². The van der Waals surface area contributed by atoms with Crippen molar-refractivity contribution in [2.75, 3.05) is 0 Å². The normalized spacial score (nSPS) is 22.5. The molecule has 98 valence electrons. The molecule has 0 saturated carbocycles. The third-order valence-electron chi connectivity index (χ3n) is 4.26. The first-order valence-corrected chi connectivity index (χ1v) is 9.41. The highest BCUT2D eigenvalue weighted by Gasteiger charge is 2.41. The summed E-state index contributed by atoms with van der Waals surface area (Å²) in [6.45, 7) is 15.3. The van der Waals surface area contributed by atoms with Gasteiger partial charge in [-0.15, -0.1) is 0 Å². The van der Waals surface area contributed by atoms with Crippen LogP contribution in [0.4, 0.5) is 0 Å². The van der Waals surface area contributed by atoms with Crippen LogP contribution in [-0.2, 0) is 9.22 Å². The van der Waals surface area contributed by atoms with Crippen molar-refractivity contribution in [2.45, 2.75) is 71.7 Å². The Hall–Kier alpha value is -0.413. The molecular formula is C14H26O2Si. The monoisotopic (exact) mass is 254 g/mol. The van der Waals surface area contributed by atoms with Crippen molar-refractivity contribution in [3.05, 3.63) is 11.1 Å². The van der Waals surface area contributed by atoms with E-state index in [0.29, 0.717) is 6.42 Å². The van der Waals surface area contributed by atoms with E-state index in [1.807, 2.05) is 6.92 Å². The van der Waals surface area contributed by atoms with Crippen LogP contribution in [0, 0.1) is 0 Å². The molecule has 0 aromatic heterocycles. The average Bonchev–Trinajstić information content (AvgIpc) is 2.39. The molecule has 1 aliphatic carbocycles. The largest absolute Gasteiger partial charge is 0.410 e. The third kappa shape index (κ3) is 2.88. The molecule has 17 heavy (non-hydrogen) atoms. The second kappa shape index (κ2) is 4.69. The predicted octanol–water partition coefficient (Wildman–Crippen LogP) is 4.08. The lowest BCUT2D eigenvalue weighted by Crippen LogP contribution is -2.43. The molecule has 0 aromatic carbocycles. The van der Waals surface area contributed by atoms with E-state index < -0.39 is 8.32 Å². The molecule has 0 fully saturated rings. The van der Waals surface area contributed by atoms with Crippen LogP contribution in [0.1, 0.15) is 47.5 Å². The predicted molar refractivity (Wildman–Crippen MR) is 74.7 cm³/mol. The molecule has 0 heterocycles. The lowest BCUT2D eigenvalue weighted by molar-refractivity contribution is -0.115. The Bertz CT molecular complexity index is 348. The summed E-state index contributed by atoms with van der Waals surface area (Å²) in [5, 5.41) is 0.200. The van der Waals surface area contributed by atoms with Gasteiger partial charge >= 0.3 is 0 Å². The second-order valence-corrected chi connectivity index (χ2v) is 11.3. The number of rotatable bonds is 3. The van der Waals surface area contributed by atoms with Gasteiger partial charge in [-0.05, 0) is 42.6 Å². The molecule has 0 aliphatic heterocycles. The summed E-state index contributed by atoms with van der Waals surface area (Å²) < 4.78 is 6.34. The van der Waals surface area contributed by atoms with E-state index in [1.54, 1.807) is 0 Å². The SMILES string of the molecule is CCC1=C(C)[C@@H](O[Si](C)(C)C(C)(C)C)CC1=O. The van der Waals surface area contributed by atoms with Gasteiger partial charge in [-0.1, -0.05) is 27.7 Å². The number of carbonyl (C=O) groups is 1. The van der Waals surface area contributed by atoms with Gasteiger partial charge in [0, 0.05) is 6.42 Å². The number of Topliss-reactive ketones (excluding diaryl/α,β-unsaturated/α-hetero) is 1. The van der Waals surface area contributed by atoms with Gasteiger partial charge in [0.2, 0.25) is 0 Å². The molecule has 0 bridgehead atoms. The number of ketones is 1. The van der Waals surface area contributed by atoms with Crippen LogP contribution < -0.4 is 0 Å². The molecule has 0 amide bonds. The summed E-state index contributed by atoms with van der Waals surface area (Å²) in [7, 11) is -1.77. The van der Waals surface area contributed by atoms with Crippen LogP contribution in [-0.4, -0.2) is 20.2 Å². The first kappa shape index (κ1) is 14.6. The van der Waals surface area contributed by atoms with Crippen molar-refractivity contribution in [3.8, 4) is 0 Å². The highest BCUT2D eigenvalue weighted by atomic mass is 28.4. The van der Waals surface area contributed by atoms with Gasteiger partial charge in [-0.25, -0.2) is 0 Å². The fourth-order valence-electron chi connectivity index (χ4n) is 2.00. The van der Waals surface area contributed by atoms with E-state index in [4.69, 9.17) is 4.43 Å². The maximum Gasteiger partial charge on any atom is 0.192 e. The van der Waals surface area contributed by atoms with Gasteiger partial charge in [0.15, 0.2) is 14.1 Å². The summed E-state index contributed by atoms with van der Waals surface area (Å²) in [6.07, 6.45) is 1.43. The van der Waals surface area contributed by atoms with Crippen molar-refractivity contribution in [2.24, 2.45) is 0 Å². The van der Waals surface area contributed by atoms with Crippen molar-refractivity contribution >= 4 is 14.1 Å². The van der Waals surface area contributed by atoms with E-state index in [1.165, 1.54) is 5.57 Å². The minimum absolute atomic E-state index is 0.0401. The van der Waals surface area contributed by atoms with E-state index in [9.17, 15) is 4.79 Å². The number of allylic oxidation sites excluding steroid dienone is 1. The van der Waals surface area contributed by atoms with Crippen molar-refractivity contribution in [1.82, 2.24) is 0 Å². The topological polar surface area (TPSA) is 26.3 Å². The number of hydrogen-bond donors (Lipinski definition) is 0. The van der Waals surface area contributed by atoms with Crippen molar-refractivity contribution in [3.63, 3.8) is 0 Å². The zero-order chi connectivity index (χ0) is 13.4. The molecule has 0 spiro atoms. The molecular weight excluding hydrogens is 228 g/mol. The summed E-state index contributed by atoms with van der Waals surface area (Å²) in [5.41, 5.74) is 2.16. The Labute approximate surface area is 107 Å². The Morgan fingerprint density at radius 1 is 1.35 bits per heavy atom. The minimum Gasteiger partial charge on any atom is -0.410 e. The van der Waals surface area contributed by atoms with E-state index in [2.05, 4.69) is 40.8 Å². The zero-order valence-electron chi connectivity index (χ0n) is 12.3. The first-order chi connectivity index (χ1) is 7.60. The Kier molecular flexibility index (Phi) is 4.04. The van der Waals surface area contributed by atoms with Crippen LogP contribution in [0.25, 0.3) is 0 Å². The molecule has 0 radical (unpaired) electrons. The standard InChI is InChI=1S/C14H26O2Si/c1-8-11-10(2)13(9-12(11)15)16-17(6,7)14(3,4)5/h13H,8-9H2,1-7H3/t13-/m0/s1. The highest BCUT2D eigenvalue weighted by molar-refractivity contribution is 6.74. The summed E-state index contributed by atoms with van der Waals surface area (Å²) in [6, 6.07) is 0. The van der Waals surface area contributed by atoms with Gasteiger partial charge in [0.05, 0.1) is 6.10 Å². The van der Waals surface area contributed by atoms with Crippen LogP contribution in [0.15, 0.2) is 11.1 Å². The lowest BCUT2D eigenvalue weighted by Gasteiger charge is -2.38. The van der Waals surface area contributed by atoms with Gasteiger partial charge in [-0.2, -0.15) is 0 Å². The third-order valence-corrected chi connectivity index (χ3v) is 8.75. The van der Waals surface area contributed by atoms with Crippen LogP contribution >= 0.6 is 0 Å². The number of hydrogen-bond acceptors (Lipinski definition) is 2. The lowest BCUT2D eigenvalue weighted by atomic mass is 10.1. The molecule has 1 atom stereocenters. The maximum atomic E-state index is 11.8. The molecule has 2 nitrogen and oxygen atoms in total. The van der Waals surface area contributed by atoms with E-state index >= 15 is 0 Å². The fourth-order valence-corrected chi connectivity index (χ4v) is 3.32. The molecule has 3 heteroatoms. The summed E-state index contributed by atoms with van der Waals surface area (Å²) >= 11 is 0. The molecule has 0 unspecified atom stereocenters. The van der Waals surface area contributed by atoms with Gasteiger partial charge < -0.3 is 4.43 Å². The average molecular weight is 254 g/mol. The van der Waals surface area contributed by atoms with Gasteiger partial charge in [0.1, 0.15) is 0 Å². The van der Waals surface area contributed by atoms with Crippen LogP contribution in [0.2, 0.25) is 18.1 Å². The smallest absolute Gasteiger partial charge is 0.192 e. The Morgan fingerprint density at radius 2 is 1.88 bits per heavy atom. The van der Waals surface area contributed by atoms with Gasteiger partial charge in [-0.3, -0.25) is 4.79 Å². The number of carbonyl (C=O) groups excluding carboxylic acids is 1. The quantitative estimate of drug-likeness (QED) is 0.709. The Morgan fingerprint density at radius 3 is 2.24 bits per heavy atom. The molecule has 0 N–H and O–H groups in total. The molecule has 0 aromatic rings. The molecule has 0 saturated heterocycles. The second-order valence-electron chi connectivity index (χ2n) is 6.51. The maximum absolute atomic E-state index is 11.8. The van der Waals surface area contributed by atoms with Crippen LogP contribution in [0.5, 0.6) is 0 Å². The Balaban J connectivity index is 2.86. The van der Waals surface area contributed by atoms with E-state index in [-0.39, 0.29) is 16.9 Å². The summed E-state index contributed by atoms with van der Waals surface area (Å²) in [4.78, 5) is 11.8. The van der Waals surface area contributed by atoms with Gasteiger partial charge in [0.25, 0.3) is 0 Å². The molecule has 1 aliphatic rings. The molecule has 1 rings (SSSR count). The van der Waals surface area contributed by atoms with E-state index in [0.717, 1.165) is 12.0 Å². The zero-order valence-corrected chi connectivity index (χ0v) is 13.3. The fraction of sp³-hybridized carbons (Fsp3) is 0.786. The van der Waals surface area contributed by atoms with Crippen molar-refractivity contribution < 1.29 is 9.22 Å². The summed E-state index contributed by atoms with van der Waals surface area (Å²) in [5.74, 6) is 0.286. The van der Waals surface area contributed by atoms with Crippen LogP contribution in [0.3, 0.4) is 0 Å².